The minimum atomic E-state index is 0.791. The molecular weight excluding hydrogens is 372 g/mol. The summed E-state index contributed by atoms with van der Waals surface area (Å²) >= 11 is 0. The van der Waals surface area contributed by atoms with Crippen molar-refractivity contribution in [2.45, 2.75) is 44.9 Å². The molecule has 2 aliphatic heterocycles. The Bertz CT molecular complexity index is 887. The number of rotatable bonds is 5. The van der Waals surface area contributed by atoms with Crippen LogP contribution in [0.2, 0.25) is 0 Å². The quantitative estimate of drug-likeness (QED) is 0.693. The van der Waals surface area contributed by atoms with E-state index in [1.165, 1.54) is 49.8 Å². The van der Waals surface area contributed by atoms with Gasteiger partial charge in [-0.15, -0.1) is 0 Å². The first-order valence-corrected chi connectivity index (χ1v) is 11.7. The third kappa shape index (κ3) is 4.02. The number of ether oxygens (including phenoxy) is 2. The van der Waals surface area contributed by atoms with E-state index < -0.39 is 0 Å². The average Bonchev–Trinajstić information content (AvgIpc) is 3.11. The summed E-state index contributed by atoms with van der Waals surface area (Å²) in [5, 5.41) is 0. The summed E-state index contributed by atoms with van der Waals surface area (Å²) in [5.41, 5.74) is 7.33. The van der Waals surface area contributed by atoms with Crippen LogP contribution in [-0.2, 0) is 25.7 Å². The van der Waals surface area contributed by atoms with Gasteiger partial charge in [0.15, 0.2) is 0 Å². The van der Waals surface area contributed by atoms with Crippen molar-refractivity contribution in [3.05, 3.63) is 52.6 Å². The third-order valence-electron chi connectivity index (χ3n) is 7.14. The highest BCUT2D eigenvalue weighted by Crippen LogP contribution is 2.38. The van der Waals surface area contributed by atoms with Crippen LogP contribution in [0.5, 0.6) is 11.5 Å². The molecule has 3 aliphatic rings. The Morgan fingerprint density at radius 3 is 2.67 bits per heavy atom. The molecule has 0 amide bonds. The molecule has 0 bridgehead atoms. The second-order valence-electron chi connectivity index (χ2n) is 8.92. The molecule has 2 aromatic carbocycles. The second-order valence-corrected chi connectivity index (χ2v) is 8.92. The maximum absolute atomic E-state index is 5.80. The molecule has 0 aromatic heterocycles. The summed E-state index contributed by atoms with van der Waals surface area (Å²) in [6.45, 7) is 6.25. The van der Waals surface area contributed by atoms with Gasteiger partial charge in [-0.2, -0.15) is 0 Å². The van der Waals surface area contributed by atoms with Crippen LogP contribution >= 0.6 is 0 Å². The maximum Gasteiger partial charge on any atom is 0.142 e. The number of fused-ring (bicyclic) bond motifs is 2. The first-order chi connectivity index (χ1) is 14.8. The van der Waals surface area contributed by atoms with Crippen LogP contribution in [0.15, 0.2) is 30.3 Å². The molecule has 0 N–H and O–H groups in total. The lowest BCUT2D eigenvalue weighted by molar-refractivity contribution is 0.260. The smallest absolute Gasteiger partial charge is 0.142 e. The number of hydrogen-bond donors (Lipinski definition) is 0. The Kier molecular flexibility index (Phi) is 5.85. The van der Waals surface area contributed by atoms with E-state index in [1.807, 2.05) is 0 Å². The first-order valence-electron chi connectivity index (χ1n) is 11.7. The predicted molar refractivity (Wildman–Crippen MR) is 122 cm³/mol. The fraction of sp³-hybridized carbons (Fsp3) is 0.538. The summed E-state index contributed by atoms with van der Waals surface area (Å²) in [6, 6.07) is 11.4. The highest BCUT2D eigenvalue weighted by Gasteiger charge is 2.23. The topological polar surface area (TPSA) is 24.9 Å². The number of aryl methyl sites for hydroxylation is 1. The molecule has 4 nitrogen and oxygen atoms in total. The van der Waals surface area contributed by atoms with Crippen molar-refractivity contribution in [3.8, 4) is 11.5 Å². The van der Waals surface area contributed by atoms with Crippen LogP contribution < -0.4 is 14.4 Å². The van der Waals surface area contributed by atoms with Gasteiger partial charge in [0.1, 0.15) is 11.5 Å². The van der Waals surface area contributed by atoms with E-state index in [2.05, 4.69) is 40.1 Å². The minimum absolute atomic E-state index is 0.791. The number of methoxy groups -OCH3 is 1. The fourth-order valence-corrected chi connectivity index (χ4v) is 5.36. The largest absolute Gasteiger partial charge is 0.495 e. The summed E-state index contributed by atoms with van der Waals surface area (Å²) in [7, 11) is 1.78. The summed E-state index contributed by atoms with van der Waals surface area (Å²) in [4.78, 5) is 5.09. The van der Waals surface area contributed by atoms with E-state index in [4.69, 9.17) is 9.47 Å². The zero-order chi connectivity index (χ0) is 20.3. The van der Waals surface area contributed by atoms with Gasteiger partial charge >= 0.3 is 0 Å². The highest BCUT2D eigenvalue weighted by atomic mass is 16.5. The van der Waals surface area contributed by atoms with E-state index >= 15 is 0 Å². The Labute approximate surface area is 180 Å². The zero-order valence-corrected chi connectivity index (χ0v) is 18.3. The summed E-state index contributed by atoms with van der Waals surface area (Å²) < 4.78 is 11.5. The maximum atomic E-state index is 5.80. The Hall–Kier alpha value is -2.20. The van der Waals surface area contributed by atoms with Crippen LogP contribution in [0.4, 0.5) is 5.69 Å². The number of nitrogens with zero attached hydrogens (tertiary/aromatic N) is 2. The molecule has 5 rings (SSSR count). The van der Waals surface area contributed by atoms with Crippen LogP contribution in [0.25, 0.3) is 0 Å². The second kappa shape index (κ2) is 8.89. The molecule has 0 spiro atoms. The van der Waals surface area contributed by atoms with Gasteiger partial charge in [-0.1, -0.05) is 24.6 Å². The van der Waals surface area contributed by atoms with Crippen molar-refractivity contribution in [1.29, 1.82) is 0 Å². The van der Waals surface area contributed by atoms with Crippen LogP contribution in [-0.4, -0.2) is 51.3 Å². The molecule has 0 saturated carbocycles. The molecule has 30 heavy (non-hydrogen) atoms. The van der Waals surface area contributed by atoms with Crippen LogP contribution in [0.3, 0.4) is 0 Å². The highest BCUT2D eigenvalue weighted by molar-refractivity contribution is 5.65. The summed E-state index contributed by atoms with van der Waals surface area (Å²) in [5.74, 6) is 2.03. The molecule has 2 heterocycles. The minimum Gasteiger partial charge on any atom is -0.495 e. The monoisotopic (exact) mass is 406 g/mol. The third-order valence-corrected chi connectivity index (χ3v) is 7.14. The van der Waals surface area contributed by atoms with Gasteiger partial charge in [-0.25, -0.2) is 0 Å². The van der Waals surface area contributed by atoms with Gasteiger partial charge in [0.25, 0.3) is 0 Å². The Morgan fingerprint density at radius 1 is 0.933 bits per heavy atom. The SMILES string of the molecule is COc1cc2c(cc1N1CCN(CCc3cccc4c3CCCCC4)CC1)OCC2. The van der Waals surface area contributed by atoms with Crippen molar-refractivity contribution in [1.82, 2.24) is 4.90 Å². The molecule has 1 saturated heterocycles. The number of anilines is 1. The lowest BCUT2D eigenvalue weighted by atomic mass is 9.95. The molecule has 1 fully saturated rings. The predicted octanol–water partition coefficient (Wildman–Crippen LogP) is 4.26. The molecule has 1 aliphatic carbocycles. The van der Waals surface area contributed by atoms with Gasteiger partial charge < -0.3 is 14.4 Å². The van der Waals surface area contributed by atoms with Crippen molar-refractivity contribution in [2.24, 2.45) is 0 Å². The molecule has 2 aromatic rings. The Morgan fingerprint density at radius 2 is 1.80 bits per heavy atom. The van der Waals surface area contributed by atoms with Crippen molar-refractivity contribution >= 4 is 5.69 Å². The van der Waals surface area contributed by atoms with Gasteiger partial charge in [0.2, 0.25) is 0 Å². The van der Waals surface area contributed by atoms with Crippen molar-refractivity contribution in [3.63, 3.8) is 0 Å². The van der Waals surface area contributed by atoms with Crippen molar-refractivity contribution in [2.75, 3.05) is 51.3 Å². The molecule has 160 valence electrons. The van der Waals surface area contributed by atoms with Gasteiger partial charge in [-0.3, -0.25) is 4.90 Å². The molecular formula is C26H34N2O2. The standard InChI is InChI=1S/C26H34N2O2/c1-29-26-18-22-11-17-30-25(22)19-24(26)28-15-13-27(14-16-28)12-10-21-8-5-7-20-6-3-2-4-9-23(20)21/h5,7-8,18-19H,2-4,6,9-17H2,1H3. The van der Waals surface area contributed by atoms with Gasteiger partial charge in [-0.05, 0) is 54.9 Å². The molecule has 4 heteroatoms. The Balaban J connectivity index is 1.21. The van der Waals surface area contributed by atoms with E-state index in [9.17, 15) is 0 Å². The summed E-state index contributed by atoms with van der Waals surface area (Å²) in [6.07, 6.45) is 8.81. The van der Waals surface area contributed by atoms with E-state index in [0.717, 1.165) is 57.3 Å². The van der Waals surface area contributed by atoms with Crippen molar-refractivity contribution < 1.29 is 9.47 Å². The average molecular weight is 407 g/mol. The number of hydrogen-bond acceptors (Lipinski definition) is 4. The van der Waals surface area contributed by atoms with Gasteiger partial charge in [0, 0.05) is 50.8 Å². The lowest BCUT2D eigenvalue weighted by Gasteiger charge is -2.37. The molecule has 0 unspecified atom stereocenters. The van der Waals surface area contributed by atoms with E-state index in [0.29, 0.717) is 0 Å². The van der Waals surface area contributed by atoms with Crippen LogP contribution in [0.1, 0.15) is 41.5 Å². The molecule has 0 radical (unpaired) electrons. The van der Waals surface area contributed by atoms with Crippen LogP contribution in [0, 0.1) is 0 Å². The number of benzene rings is 2. The zero-order valence-electron chi connectivity index (χ0n) is 18.3. The first kappa shape index (κ1) is 19.7. The van der Waals surface area contributed by atoms with E-state index in [-0.39, 0.29) is 0 Å². The lowest BCUT2D eigenvalue weighted by Crippen LogP contribution is -2.47. The van der Waals surface area contributed by atoms with E-state index in [1.54, 1.807) is 23.8 Å². The normalized spacial score (nSPS) is 19.0. The fourth-order valence-electron chi connectivity index (χ4n) is 5.36. The molecule has 0 atom stereocenters. The van der Waals surface area contributed by atoms with Gasteiger partial charge in [0.05, 0.1) is 19.4 Å². The number of piperazine rings is 1.